The summed E-state index contributed by atoms with van der Waals surface area (Å²) in [4.78, 5) is 0.970. The molecule has 0 aromatic heterocycles. The maximum atomic E-state index is 12.7. The van der Waals surface area contributed by atoms with Crippen molar-refractivity contribution in [3.05, 3.63) is 29.6 Å². The molecule has 0 aliphatic rings. The maximum Gasteiger partial charge on any atom is 0.123 e. The molecule has 1 aromatic rings. The first-order valence-corrected chi connectivity index (χ1v) is 4.69. The minimum absolute atomic E-state index is 0.272. The summed E-state index contributed by atoms with van der Waals surface area (Å²) in [6.45, 7) is 0.272. The molecule has 0 unspecified atom stereocenters. The molecule has 12 heavy (non-hydrogen) atoms. The molecule has 0 saturated carbocycles. The van der Waals surface area contributed by atoms with Gasteiger partial charge in [0.15, 0.2) is 0 Å². The molecule has 0 bridgehead atoms. The van der Waals surface area contributed by atoms with Crippen LogP contribution in [0.3, 0.4) is 0 Å². The van der Waals surface area contributed by atoms with Gasteiger partial charge in [-0.3, -0.25) is 0 Å². The average molecular weight is 187 g/mol. The zero-order valence-corrected chi connectivity index (χ0v) is 7.49. The highest BCUT2D eigenvalue weighted by Gasteiger charge is 2.01. The number of thioether (sulfide) groups is 1. The molecule has 0 heterocycles. The summed E-state index contributed by atoms with van der Waals surface area (Å²) in [5.74, 6) is -0.280. The summed E-state index contributed by atoms with van der Waals surface area (Å²) in [7, 11) is 0. The van der Waals surface area contributed by atoms with Crippen molar-refractivity contribution in [2.45, 2.75) is 11.4 Å². The van der Waals surface area contributed by atoms with E-state index in [1.807, 2.05) is 11.7 Å². The molecular formula is C8H10FNOS. The van der Waals surface area contributed by atoms with Crippen LogP contribution >= 0.6 is 11.8 Å². The van der Waals surface area contributed by atoms with Crippen LogP contribution in [0.4, 0.5) is 4.39 Å². The van der Waals surface area contributed by atoms with Gasteiger partial charge in [-0.05, 0) is 30.0 Å². The number of rotatable bonds is 3. The van der Waals surface area contributed by atoms with Gasteiger partial charge in [0, 0.05) is 11.4 Å². The Morgan fingerprint density at radius 1 is 1.58 bits per heavy atom. The van der Waals surface area contributed by atoms with Crippen molar-refractivity contribution in [3.63, 3.8) is 0 Å². The third-order valence-corrected chi connectivity index (χ3v) is 2.35. The molecule has 4 heteroatoms. The molecule has 66 valence electrons. The van der Waals surface area contributed by atoms with E-state index in [9.17, 15) is 4.39 Å². The minimum atomic E-state index is -0.280. The summed E-state index contributed by atoms with van der Waals surface area (Å²) in [5, 5.41) is 8.45. The van der Waals surface area contributed by atoms with Crippen LogP contribution in [0.1, 0.15) is 5.56 Å². The molecule has 0 amide bonds. The number of benzene rings is 1. The third kappa shape index (κ3) is 2.20. The van der Waals surface area contributed by atoms with Crippen LogP contribution in [-0.2, 0) is 6.54 Å². The van der Waals surface area contributed by atoms with Crippen molar-refractivity contribution in [3.8, 4) is 0 Å². The Hall–Kier alpha value is -0.580. The lowest BCUT2D eigenvalue weighted by Crippen LogP contribution is -2.07. The molecule has 0 aliphatic heterocycles. The normalized spacial score (nSPS) is 10.2. The van der Waals surface area contributed by atoms with E-state index in [0.29, 0.717) is 0 Å². The number of hydroxylamine groups is 1. The van der Waals surface area contributed by atoms with Crippen LogP contribution < -0.4 is 5.48 Å². The van der Waals surface area contributed by atoms with E-state index >= 15 is 0 Å². The smallest absolute Gasteiger partial charge is 0.123 e. The minimum Gasteiger partial charge on any atom is -0.316 e. The van der Waals surface area contributed by atoms with Gasteiger partial charge in [0.1, 0.15) is 5.82 Å². The molecule has 0 radical (unpaired) electrons. The van der Waals surface area contributed by atoms with Gasteiger partial charge in [-0.2, -0.15) is 0 Å². The predicted molar refractivity (Wildman–Crippen MR) is 46.8 cm³/mol. The van der Waals surface area contributed by atoms with Gasteiger partial charge in [0.2, 0.25) is 0 Å². The Morgan fingerprint density at radius 3 is 2.92 bits per heavy atom. The van der Waals surface area contributed by atoms with Crippen molar-refractivity contribution < 1.29 is 9.60 Å². The van der Waals surface area contributed by atoms with E-state index in [-0.39, 0.29) is 12.4 Å². The van der Waals surface area contributed by atoms with E-state index in [4.69, 9.17) is 5.21 Å². The summed E-state index contributed by atoms with van der Waals surface area (Å²) in [5.41, 5.74) is 2.77. The van der Waals surface area contributed by atoms with Crippen molar-refractivity contribution in [1.82, 2.24) is 5.48 Å². The molecule has 2 N–H and O–H groups in total. The van der Waals surface area contributed by atoms with Crippen molar-refractivity contribution >= 4 is 11.8 Å². The van der Waals surface area contributed by atoms with E-state index in [1.54, 1.807) is 6.07 Å². The molecule has 0 spiro atoms. The molecule has 0 atom stereocenters. The summed E-state index contributed by atoms with van der Waals surface area (Å²) in [6.07, 6.45) is 1.91. The van der Waals surface area contributed by atoms with Crippen LogP contribution in [0.5, 0.6) is 0 Å². The second kappa shape index (κ2) is 4.45. The van der Waals surface area contributed by atoms with Crippen LogP contribution in [0.2, 0.25) is 0 Å². The van der Waals surface area contributed by atoms with Crippen LogP contribution in [0, 0.1) is 5.82 Å². The first kappa shape index (κ1) is 9.51. The lowest BCUT2D eigenvalue weighted by molar-refractivity contribution is 0.160. The first-order valence-electron chi connectivity index (χ1n) is 3.47. The van der Waals surface area contributed by atoms with Gasteiger partial charge < -0.3 is 5.21 Å². The lowest BCUT2D eigenvalue weighted by Gasteiger charge is -2.05. The van der Waals surface area contributed by atoms with E-state index in [2.05, 4.69) is 0 Å². The number of hydrogen-bond acceptors (Lipinski definition) is 3. The molecule has 0 fully saturated rings. The SMILES string of the molecule is CSc1ccc(F)cc1CNO. The Bertz CT molecular complexity index is 267. The van der Waals surface area contributed by atoms with Gasteiger partial charge in [-0.15, -0.1) is 11.8 Å². The van der Waals surface area contributed by atoms with Gasteiger partial charge in [0.25, 0.3) is 0 Å². The molecule has 0 saturated heterocycles. The fourth-order valence-electron chi connectivity index (χ4n) is 0.970. The molecule has 0 aliphatic carbocycles. The lowest BCUT2D eigenvalue weighted by atomic mass is 10.2. The van der Waals surface area contributed by atoms with Gasteiger partial charge >= 0.3 is 0 Å². The summed E-state index contributed by atoms with van der Waals surface area (Å²) >= 11 is 1.53. The molecule has 2 nitrogen and oxygen atoms in total. The Morgan fingerprint density at radius 2 is 2.33 bits per heavy atom. The monoisotopic (exact) mass is 187 g/mol. The number of hydrogen-bond donors (Lipinski definition) is 2. The van der Waals surface area contributed by atoms with Crippen molar-refractivity contribution in [2.24, 2.45) is 0 Å². The van der Waals surface area contributed by atoms with E-state index in [0.717, 1.165) is 10.5 Å². The number of nitrogens with one attached hydrogen (secondary N) is 1. The molecule has 1 aromatic carbocycles. The second-order valence-corrected chi connectivity index (χ2v) is 3.14. The van der Waals surface area contributed by atoms with Crippen LogP contribution in [0.15, 0.2) is 23.1 Å². The number of halogens is 1. The third-order valence-electron chi connectivity index (χ3n) is 1.51. The van der Waals surface area contributed by atoms with Gasteiger partial charge in [-0.1, -0.05) is 0 Å². The standard InChI is InChI=1S/C8H10FNOS/c1-12-8-3-2-7(9)4-6(8)5-10-11/h2-4,10-11H,5H2,1H3. The Kier molecular flexibility index (Phi) is 3.52. The van der Waals surface area contributed by atoms with Gasteiger partial charge in [0.05, 0.1) is 0 Å². The average Bonchev–Trinajstić information content (AvgIpc) is 2.05. The highest BCUT2D eigenvalue weighted by atomic mass is 32.2. The Labute approximate surface area is 74.7 Å². The molecular weight excluding hydrogens is 177 g/mol. The van der Waals surface area contributed by atoms with Crippen LogP contribution in [0.25, 0.3) is 0 Å². The second-order valence-electron chi connectivity index (χ2n) is 2.29. The van der Waals surface area contributed by atoms with Crippen molar-refractivity contribution in [2.75, 3.05) is 6.26 Å². The first-order chi connectivity index (χ1) is 5.77. The Balaban J connectivity index is 2.95. The zero-order chi connectivity index (χ0) is 8.97. The fraction of sp³-hybridized carbons (Fsp3) is 0.250. The predicted octanol–water partition coefficient (Wildman–Crippen LogP) is 2.03. The highest BCUT2D eigenvalue weighted by molar-refractivity contribution is 7.98. The van der Waals surface area contributed by atoms with Crippen LogP contribution in [-0.4, -0.2) is 11.5 Å². The summed E-state index contributed by atoms with van der Waals surface area (Å²) in [6, 6.07) is 4.52. The van der Waals surface area contributed by atoms with Crippen molar-refractivity contribution in [1.29, 1.82) is 0 Å². The zero-order valence-electron chi connectivity index (χ0n) is 6.67. The van der Waals surface area contributed by atoms with E-state index < -0.39 is 0 Å². The maximum absolute atomic E-state index is 12.7. The topological polar surface area (TPSA) is 32.3 Å². The van der Waals surface area contributed by atoms with E-state index in [1.165, 1.54) is 23.9 Å². The highest BCUT2D eigenvalue weighted by Crippen LogP contribution is 2.20. The van der Waals surface area contributed by atoms with Gasteiger partial charge in [-0.25, -0.2) is 9.87 Å². The largest absolute Gasteiger partial charge is 0.316 e. The fourth-order valence-corrected chi connectivity index (χ4v) is 1.57. The summed E-state index contributed by atoms with van der Waals surface area (Å²) < 4.78 is 12.7. The molecule has 1 rings (SSSR count). The quantitative estimate of drug-likeness (QED) is 0.561.